The first-order valence-corrected chi connectivity index (χ1v) is 7.26. The topological polar surface area (TPSA) is 29.3 Å². The Morgan fingerprint density at radius 2 is 2.06 bits per heavy atom. The monoisotopic (exact) mass is 224 g/mol. The second kappa shape index (κ2) is 6.02. The zero-order valence-electron chi connectivity index (χ0n) is 10.8. The number of hydrogen-bond acceptors (Lipinski definition) is 2. The molecule has 0 spiro atoms. The molecule has 2 rings (SSSR count). The maximum absolute atomic E-state index is 5.61. The number of fused-ring (bicyclic) bond motifs is 2. The van der Waals surface area contributed by atoms with Crippen molar-refractivity contribution in [2.24, 2.45) is 23.5 Å². The van der Waals surface area contributed by atoms with E-state index in [1.807, 2.05) is 0 Å². The lowest BCUT2D eigenvalue weighted by Gasteiger charge is -2.29. The summed E-state index contributed by atoms with van der Waals surface area (Å²) in [6.07, 6.45) is 8.56. The maximum Gasteiger partial charge on any atom is 0.00124 e. The predicted octanol–water partition coefficient (Wildman–Crippen LogP) is 2.48. The van der Waals surface area contributed by atoms with Crippen LogP contribution in [0.2, 0.25) is 0 Å². The van der Waals surface area contributed by atoms with E-state index in [-0.39, 0.29) is 0 Å². The van der Waals surface area contributed by atoms with Gasteiger partial charge in [0.1, 0.15) is 0 Å². The van der Waals surface area contributed by atoms with Crippen LogP contribution in [0.1, 0.15) is 45.4 Å². The van der Waals surface area contributed by atoms with E-state index >= 15 is 0 Å². The molecule has 2 nitrogen and oxygen atoms in total. The molecule has 0 aromatic carbocycles. The smallest absolute Gasteiger partial charge is 0.00124 e. The zero-order chi connectivity index (χ0) is 11.4. The van der Waals surface area contributed by atoms with E-state index in [0.29, 0.717) is 0 Å². The molecule has 2 bridgehead atoms. The summed E-state index contributed by atoms with van der Waals surface area (Å²) in [4.78, 5) is 2.66. The van der Waals surface area contributed by atoms with Crippen molar-refractivity contribution in [1.29, 1.82) is 0 Å². The average Bonchev–Trinajstić information content (AvgIpc) is 2.88. The molecule has 0 aromatic heterocycles. The molecule has 2 aliphatic rings. The second-order valence-electron chi connectivity index (χ2n) is 5.88. The molecular weight excluding hydrogens is 196 g/mol. The first-order valence-electron chi connectivity index (χ1n) is 7.26. The van der Waals surface area contributed by atoms with Gasteiger partial charge in [-0.05, 0) is 69.5 Å². The fourth-order valence-electron chi connectivity index (χ4n) is 3.86. The van der Waals surface area contributed by atoms with Crippen LogP contribution in [0, 0.1) is 17.8 Å². The maximum atomic E-state index is 5.61. The number of hydrogen-bond donors (Lipinski definition) is 1. The van der Waals surface area contributed by atoms with Crippen LogP contribution in [0.3, 0.4) is 0 Å². The van der Waals surface area contributed by atoms with Crippen LogP contribution in [-0.2, 0) is 0 Å². The lowest BCUT2D eigenvalue weighted by Crippen LogP contribution is -2.34. The number of nitrogens with zero attached hydrogens (tertiary/aromatic N) is 1. The van der Waals surface area contributed by atoms with E-state index in [2.05, 4.69) is 11.8 Å². The molecule has 2 aliphatic carbocycles. The van der Waals surface area contributed by atoms with Gasteiger partial charge in [-0.25, -0.2) is 0 Å². The van der Waals surface area contributed by atoms with Crippen molar-refractivity contribution in [3.8, 4) is 0 Å². The molecule has 2 saturated carbocycles. The highest BCUT2D eigenvalue weighted by Gasteiger charge is 2.39. The van der Waals surface area contributed by atoms with Crippen molar-refractivity contribution in [2.75, 3.05) is 26.2 Å². The summed E-state index contributed by atoms with van der Waals surface area (Å²) in [5, 5.41) is 0. The summed E-state index contributed by atoms with van der Waals surface area (Å²) in [6.45, 7) is 6.98. The van der Waals surface area contributed by atoms with Crippen molar-refractivity contribution in [3.05, 3.63) is 0 Å². The van der Waals surface area contributed by atoms with Crippen molar-refractivity contribution in [1.82, 2.24) is 4.90 Å². The van der Waals surface area contributed by atoms with Gasteiger partial charge >= 0.3 is 0 Å². The molecule has 0 saturated heterocycles. The normalized spacial score (nSPS) is 32.8. The first-order chi connectivity index (χ1) is 7.83. The third-order valence-corrected chi connectivity index (χ3v) is 4.60. The molecule has 2 N–H and O–H groups in total. The van der Waals surface area contributed by atoms with Crippen LogP contribution in [0.15, 0.2) is 0 Å². The molecular formula is C14H28N2. The molecule has 2 fully saturated rings. The zero-order valence-corrected chi connectivity index (χ0v) is 10.8. The number of rotatable bonds is 7. The molecule has 16 heavy (non-hydrogen) atoms. The Morgan fingerprint density at radius 1 is 1.19 bits per heavy atom. The standard InChI is InChI=1S/C14H28N2/c1-2-7-16(8-3-6-15)11-14-10-12-4-5-13(14)9-12/h12-14H,2-11,15H2,1H3. The van der Waals surface area contributed by atoms with Gasteiger partial charge < -0.3 is 10.6 Å². The second-order valence-corrected chi connectivity index (χ2v) is 5.88. The third kappa shape index (κ3) is 2.98. The molecule has 0 amide bonds. The van der Waals surface area contributed by atoms with Crippen LogP contribution in [-0.4, -0.2) is 31.1 Å². The van der Waals surface area contributed by atoms with Gasteiger partial charge in [-0.3, -0.25) is 0 Å². The van der Waals surface area contributed by atoms with E-state index in [1.54, 1.807) is 6.42 Å². The SMILES string of the molecule is CCCN(CCCN)CC1CC2CCC1C2. The minimum Gasteiger partial charge on any atom is -0.330 e. The van der Waals surface area contributed by atoms with Gasteiger partial charge in [0.25, 0.3) is 0 Å². The van der Waals surface area contributed by atoms with Crippen molar-refractivity contribution < 1.29 is 0 Å². The van der Waals surface area contributed by atoms with Crippen molar-refractivity contribution in [2.45, 2.75) is 45.4 Å². The molecule has 2 heteroatoms. The minimum atomic E-state index is 0.844. The minimum absolute atomic E-state index is 0.844. The van der Waals surface area contributed by atoms with E-state index in [1.165, 1.54) is 51.7 Å². The van der Waals surface area contributed by atoms with E-state index in [0.717, 1.165) is 24.3 Å². The summed E-state index contributed by atoms with van der Waals surface area (Å²) < 4.78 is 0. The molecule has 3 unspecified atom stereocenters. The van der Waals surface area contributed by atoms with Gasteiger partial charge in [-0.2, -0.15) is 0 Å². The third-order valence-electron chi connectivity index (χ3n) is 4.60. The fraction of sp³-hybridized carbons (Fsp3) is 1.00. The van der Waals surface area contributed by atoms with Crippen LogP contribution in [0.4, 0.5) is 0 Å². The van der Waals surface area contributed by atoms with Gasteiger partial charge in [-0.15, -0.1) is 0 Å². The molecule has 94 valence electrons. The van der Waals surface area contributed by atoms with Crippen LogP contribution >= 0.6 is 0 Å². The molecule has 0 radical (unpaired) electrons. The van der Waals surface area contributed by atoms with Crippen LogP contribution < -0.4 is 5.73 Å². The summed E-state index contributed by atoms with van der Waals surface area (Å²) >= 11 is 0. The van der Waals surface area contributed by atoms with Crippen LogP contribution in [0.5, 0.6) is 0 Å². The van der Waals surface area contributed by atoms with Crippen molar-refractivity contribution >= 4 is 0 Å². The average molecular weight is 224 g/mol. The first kappa shape index (κ1) is 12.4. The van der Waals surface area contributed by atoms with Crippen LogP contribution in [0.25, 0.3) is 0 Å². The summed E-state index contributed by atoms with van der Waals surface area (Å²) in [5.41, 5.74) is 5.61. The quantitative estimate of drug-likeness (QED) is 0.720. The fourth-order valence-corrected chi connectivity index (χ4v) is 3.86. The van der Waals surface area contributed by atoms with Gasteiger partial charge in [0, 0.05) is 6.54 Å². The molecule has 0 aliphatic heterocycles. The molecule has 0 aromatic rings. The molecule has 0 heterocycles. The summed E-state index contributed by atoms with van der Waals surface area (Å²) in [5.74, 6) is 3.18. The Morgan fingerprint density at radius 3 is 2.62 bits per heavy atom. The summed E-state index contributed by atoms with van der Waals surface area (Å²) in [7, 11) is 0. The highest BCUT2D eigenvalue weighted by atomic mass is 15.1. The Hall–Kier alpha value is -0.0800. The lowest BCUT2D eigenvalue weighted by molar-refractivity contribution is 0.189. The van der Waals surface area contributed by atoms with Gasteiger partial charge in [-0.1, -0.05) is 13.3 Å². The predicted molar refractivity (Wildman–Crippen MR) is 69.3 cm³/mol. The van der Waals surface area contributed by atoms with Gasteiger partial charge in [0.15, 0.2) is 0 Å². The highest BCUT2D eigenvalue weighted by molar-refractivity contribution is 4.91. The lowest BCUT2D eigenvalue weighted by atomic mass is 9.88. The van der Waals surface area contributed by atoms with Gasteiger partial charge in [0.2, 0.25) is 0 Å². The Bertz CT molecular complexity index is 205. The Balaban J connectivity index is 1.76. The highest BCUT2D eigenvalue weighted by Crippen LogP contribution is 2.48. The Kier molecular flexibility index (Phi) is 4.66. The number of nitrogens with two attached hydrogens (primary N) is 1. The van der Waals surface area contributed by atoms with E-state index in [9.17, 15) is 0 Å². The van der Waals surface area contributed by atoms with Crippen molar-refractivity contribution in [3.63, 3.8) is 0 Å². The summed E-state index contributed by atoms with van der Waals surface area (Å²) in [6, 6.07) is 0. The largest absolute Gasteiger partial charge is 0.330 e. The Labute approximate surface area is 101 Å². The molecule has 3 atom stereocenters. The van der Waals surface area contributed by atoms with E-state index in [4.69, 9.17) is 5.73 Å². The van der Waals surface area contributed by atoms with E-state index < -0.39 is 0 Å². The van der Waals surface area contributed by atoms with Gasteiger partial charge in [0.05, 0.1) is 0 Å².